The number of ether oxygens (including phenoxy) is 1. The van der Waals surface area contributed by atoms with Crippen LogP contribution >= 0.6 is 11.3 Å². The first-order valence-electron chi connectivity index (χ1n) is 10.7. The van der Waals surface area contributed by atoms with E-state index in [1.807, 2.05) is 30.9 Å². The summed E-state index contributed by atoms with van der Waals surface area (Å²) in [7, 11) is -4.34. The number of carbonyl (C=O) groups excluding carboxylic acids is 1. The highest BCUT2D eigenvalue weighted by atomic mass is 32.2. The molecule has 3 rings (SSSR count). The number of hydrogen-bond donors (Lipinski definition) is 3. The van der Waals surface area contributed by atoms with Crippen LogP contribution in [0.1, 0.15) is 55.9 Å². The van der Waals surface area contributed by atoms with Crippen molar-refractivity contribution in [1.29, 1.82) is 0 Å². The molecular formula is C21H30N4O6S2. The van der Waals surface area contributed by atoms with Crippen molar-refractivity contribution < 1.29 is 27.3 Å². The molecule has 1 atom stereocenters. The topological polar surface area (TPSA) is 130 Å². The van der Waals surface area contributed by atoms with Crippen molar-refractivity contribution in [2.45, 2.75) is 58.1 Å². The zero-order valence-electron chi connectivity index (χ0n) is 18.9. The number of anilines is 1. The van der Waals surface area contributed by atoms with Gasteiger partial charge in [-0.05, 0) is 50.8 Å². The van der Waals surface area contributed by atoms with E-state index in [0.717, 1.165) is 22.7 Å². The maximum absolute atomic E-state index is 12.8. The van der Waals surface area contributed by atoms with Gasteiger partial charge in [-0.1, -0.05) is 19.1 Å². The summed E-state index contributed by atoms with van der Waals surface area (Å²) in [5, 5.41) is 3.99. The van der Waals surface area contributed by atoms with Gasteiger partial charge in [0, 0.05) is 18.4 Å². The number of amides is 1. The third kappa shape index (κ3) is 8.02. The molecule has 182 valence electrons. The molecule has 1 aromatic heterocycles. The number of nitrogens with zero attached hydrogens (tertiary/aromatic N) is 2. The second-order valence-electron chi connectivity index (χ2n) is 8.36. The fraction of sp³-hybridized carbons (Fsp3) is 0.524. The van der Waals surface area contributed by atoms with E-state index in [9.17, 15) is 13.2 Å². The largest absolute Gasteiger partial charge is 0.373 e. The molecule has 0 radical (unpaired) electrons. The first-order valence-corrected chi connectivity index (χ1v) is 13.0. The average molecular weight is 499 g/mol. The van der Waals surface area contributed by atoms with Crippen molar-refractivity contribution in [2.75, 3.05) is 17.9 Å². The van der Waals surface area contributed by atoms with Gasteiger partial charge in [0.05, 0.1) is 23.0 Å². The second-order valence-corrected chi connectivity index (χ2v) is 10.4. The molecule has 2 aromatic rings. The molecule has 1 amide bonds. The summed E-state index contributed by atoms with van der Waals surface area (Å²) in [5.74, 6) is -0.193. The zero-order chi connectivity index (χ0) is 24.1. The lowest BCUT2D eigenvalue weighted by molar-refractivity contribution is -0.228. The quantitative estimate of drug-likeness (QED) is 0.474. The Morgan fingerprint density at radius 3 is 2.67 bits per heavy atom. The van der Waals surface area contributed by atoms with Gasteiger partial charge in [0.1, 0.15) is 11.6 Å². The Hall–Kier alpha value is -2.09. The number of aryl methyl sites for hydroxylation is 1. The second kappa shape index (κ2) is 10.9. The van der Waals surface area contributed by atoms with Gasteiger partial charge in [-0.25, -0.2) is 4.98 Å². The van der Waals surface area contributed by atoms with Crippen LogP contribution in [-0.4, -0.2) is 47.8 Å². The van der Waals surface area contributed by atoms with Crippen molar-refractivity contribution in [3.63, 3.8) is 0 Å². The third-order valence-corrected chi connectivity index (χ3v) is 6.44. The highest BCUT2D eigenvalue weighted by Crippen LogP contribution is 2.25. The number of nitrogens with one attached hydrogen (secondary N) is 2. The molecule has 1 saturated heterocycles. The molecule has 0 unspecified atom stereocenters. The minimum absolute atomic E-state index is 0.193. The van der Waals surface area contributed by atoms with E-state index in [0.29, 0.717) is 19.4 Å². The monoisotopic (exact) mass is 498 g/mol. The smallest absolute Gasteiger partial charge is 0.357 e. The number of hydrogen-bond acceptors (Lipinski definition) is 8. The summed E-state index contributed by atoms with van der Waals surface area (Å²) in [6.07, 6.45) is 2.14. The highest BCUT2D eigenvalue weighted by molar-refractivity contribution is 7.87. The van der Waals surface area contributed by atoms with Crippen molar-refractivity contribution >= 4 is 33.2 Å². The summed E-state index contributed by atoms with van der Waals surface area (Å²) >= 11 is 1.50. The summed E-state index contributed by atoms with van der Waals surface area (Å²) < 4.78 is 38.8. The van der Waals surface area contributed by atoms with Gasteiger partial charge in [-0.3, -0.25) is 18.9 Å². The number of thiazole rings is 1. The Kier molecular flexibility index (Phi) is 8.43. The molecule has 0 saturated carbocycles. The Bertz CT molecular complexity index is 1040. The van der Waals surface area contributed by atoms with E-state index in [4.69, 9.17) is 14.1 Å². The first-order chi connectivity index (χ1) is 15.5. The molecular weight excluding hydrogens is 468 g/mol. The molecule has 2 heterocycles. The minimum Gasteiger partial charge on any atom is -0.373 e. The molecule has 0 spiro atoms. The molecule has 1 aliphatic heterocycles. The molecule has 3 N–H and O–H groups in total. The molecule has 0 bridgehead atoms. The van der Waals surface area contributed by atoms with Crippen LogP contribution in [0.2, 0.25) is 0 Å². The van der Waals surface area contributed by atoms with Gasteiger partial charge >= 0.3 is 10.3 Å². The van der Waals surface area contributed by atoms with E-state index < -0.39 is 15.9 Å². The zero-order valence-corrected chi connectivity index (χ0v) is 20.5. The van der Waals surface area contributed by atoms with E-state index in [1.165, 1.54) is 16.5 Å². The van der Waals surface area contributed by atoms with Gasteiger partial charge in [-0.15, -0.1) is 16.5 Å². The van der Waals surface area contributed by atoms with Crippen LogP contribution in [0.4, 0.5) is 5.69 Å². The van der Waals surface area contributed by atoms with Crippen LogP contribution in [-0.2, 0) is 37.5 Å². The van der Waals surface area contributed by atoms with Crippen LogP contribution in [0, 0.1) is 0 Å². The fourth-order valence-electron chi connectivity index (χ4n) is 3.18. The normalized spacial score (nSPS) is 18.3. The van der Waals surface area contributed by atoms with E-state index in [1.54, 1.807) is 24.3 Å². The fourth-order valence-corrected chi connectivity index (χ4v) is 4.56. The van der Waals surface area contributed by atoms with E-state index in [2.05, 4.69) is 10.4 Å². The van der Waals surface area contributed by atoms with Crippen LogP contribution in [0.5, 0.6) is 0 Å². The molecule has 1 aliphatic rings. The third-order valence-electron chi connectivity index (χ3n) is 4.94. The standard InChI is InChI=1S/C21H30N4O6S2/c1-4-16-13-32-20(22-16)18(12-15-7-9-17(10-8-15)24-33(27,28)29)23-25-19(26)6-5-11-30-21(2,3)14-31-25/h7-10,13,18,23-24H,4-6,11-12,14H2,1-3H3,(H,27,28,29)/t18-/m0/s1. The number of carbonyl (C=O) groups is 1. The lowest BCUT2D eigenvalue weighted by atomic mass is 10.1. The lowest BCUT2D eigenvalue weighted by Gasteiger charge is -2.30. The molecule has 10 nitrogen and oxygen atoms in total. The molecule has 1 fully saturated rings. The van der Waals surface area contributed by atoms with Gasteiger partial charge in [0.15, 0.2) is 0 Å². The summed E-state index contributed by atoms with van der Waals surface area (Å²) in [6, 6.07) is 6.25. The number of aromatic nitrogens is 1. The lowest BCUT2D eigenvalue weighted by Crippen LogP contribution is -2.47. The van der Waals surface area contributed by atoms with Crippen LogP contribution in [0.25, 0.3) is 0 Å². The molecule has 33 heavy (non-hydrogen) atoms. The Balaban J connectivity index is 1.81. The average Bonchev–Trinajstić information content (AvgIpc) is 3.23. The maximum atomic E-state index is 12.8. The SMILES string of the molecule is CCc1csc([C@H](Cc2ccc(NS(=O)(=O)O)cc2)NN2OCC(C)(C)OCCCC2=O)n1. The van der Waals surface area contributed by atoms with Gasteiger partial charge in [0.2, 0.25) is 0 Å². The van der Waals surface area contributed by atoms with Crippen LogP contribution in [0.15, 0.2) is 29.6 Å². The minimum atomic E-state index is -4.34. The van der Waals surface area contributed by atoms with Crippen molar-refractivity contribution in [2.24, 2.45) is 0 Å². The Morgan fingerprint density at radius 1 is 1.30 bits per heavy atom. The van der Waals surface area contributed by atoms with Gasteiger partial charge < -0.3 is 4.74 Å². The Labute approximate surface area is 198 Å². The number of benzene rings is 1. The number of hydrazine groups is 1. The van der Waals surface area contributed by atoms with E-state index >= 15 is 0 Å². The summed E-state index contributed by atoms with van der Waals surface area (Å²) in [6.45, 7) is 6.53. The maximum Gasteiger partial charge on any atom is 0.357 e. The van der Waals surface area contributed by atoms with Crippen molar-refractivity contribution in [3.05, 3.63) is 45.9 Å². The van der Waals surface area contributed by atoms with Crippen LogP contribution < -0.4 is 10.1 Å². The van der Waals surface area contributed by atoms with Crippen molar-refractivity contribution in [3.8, 4) is 0 Å². The molecule has 0 aliphatic carbocycles. The number of rotatable bonds is 8. The Morgan fingerprint density at radius 2 is 2.03 bits per heavy atom. The highest BCUT2D eigenvalue weighted by Gasteiger charge is 2.28. The van der Waals surface area contributed by atoms with Crippen molar-refractivity contribution in [1.82, 2.24) is 15.6 Å². The van der Waals surface area contributed by atoms with Gasteiger partial charge in [0.25, 0.3) is 5.91 Å². The van der Waals surface area contributed by atoms with E-state index in [-0.39, 0.29) is 30.7 Å². The predicted molar refractivity (Wildman–Crippen MR) is 125 cm³/mol. The van der Waals surface area contributed by atoms with Gasteiger partial charge in [-0.2, -0.15) is 13.8 Å². The first kappa shape index (κ1) is 25.5. The van der Waals surface area contributed by atoms with Crippen LogP contribution in [0.3, 0.4) is 0 Å². The number of hydroxylamine groups is 1. The molecule has 12 heteroatoms. The molecule has 1 aromatic carbocycles. The summed E-state index contributed by atoms with van der Waals surface area (Å²) in [4.78, 5) is 23.3. The summed E-state index contributed by atoms with van der Waals surface area (Å²) in [5.41, 5.74) is 4.74. The predicted octanol–water partition coefficient (Wildman–Crippen LogP) is 3.06.